The summed E-state index contributed by atoms with van der Waals surface area (Å²) in [5.41, 5.74) is 0. The number of rotatable bonds is 9. The summed E-state index contributed by atoms with van der Waals surface area (Å²) in [6.07, 6.45) is 11.3. The SMILES string of the molecule is CCCCCCCCC[CH2][Sn]([CH3])([CH3])[Cl]. The average Bonchev–Trinajstić information content (AvgIpc) is 2.08. The number of hydrogen-bond acceptors (Lipinski definition) is 0. The van der Waals surface area contributed by atoms with Crippen LogP contribution in [0.15, 0.2) is 0 Å². The standard InChI is InChI=1S/C10H21.2CH3.ClH.Sn/c1-3-5-7-9-10-8-6-4-2;;;;/h1,3-10H2,2H3;2*1H3;1H;/q;;;;+1/p-1. The van der Waals surface area contributed by atoms with E-state index in [1.165, 1.54) is 55.8 Å². The van der Waals surface area contributed by atoms with Crippen molar-refractivity contribution in [3.8, 4) is 0 Å². The van der Waals surface area contributed by atoms with E-state index in [9.17, 15) is 0 Å². The van der Waals surface area contributed by atoms with E-state index in [4.69, 9.17) is 8.92 Å². The maximum atomic E-state index is 6.32. The Morgan fingerprint density at radius 3 is 1.64 bits per heavy atom. The molecule has 86 valence electrons. The number of unbranched alkanes of at least 4 members (excludes halogenated alkanes) is 7. The first kappa shape index (κ1) is 15.1. The molecule has 0 amide bonds. The third kappa shape index (κ3) is 13.1. The topological polar surface area (TPSA) is 0 Å². The van der Waals surface area contributed by atoms with Gasteiger partial charge < -0.3 is 0 Å². The van der Waals surface area contributed by atoms with E-state index in [2.05, 4.69) is 16.8 Å². The van der Waals surface area contributed by atoms with Crippen LogP contribution in [0, 0.1) is 0 Å². The molecule has 0 radical (unpaired) electrons. The Balaban J connectivity index is 2.99. The van der Waals surface area contributed by atoms with Crippen molar-refractivity contribution in [1.82, 2.24) is 0 Å². The Morgan fingerprint density at radius 2 is 1.21 bits per heavy atom. The summed E-state index contributed by atoms with van der Waals surface area (Å²) in [4.78, 5) is 4.63. The van der Waals surface area contributed by atoms with Gasteiger partial charge in [0.2, 0.25) is 0 Å². The van der Waals surface area contributed by atoms with Gasteiger partial charge in [0.05, 0.1) is 0 Å². The van der Waals surface area contributed by atoms with E-state index in [1.807, 2.05) is 0 Å². The molecule has 0 aliphatic carbocycles. The molecule has 0 nitrogen and oxygen atoms in total. The van der Waals surface area contributed by atoms with Gasteiger partial charge in [-0.15, -0.1) is 0 Å². The van der Waals surface area contributed by atoms with Crippen molar-refractivity contribution >= 4 is 26.2 Å². The van der Waals surface area contributed by atoms with Crippen LogP contribution in [-0.4, -0.2) is 17.3 Å². The van der Waals surface area contributed by atoms with Crippen LogP contribution in [-0.2, 0) is 0 Å². The summed E-state index contributed by atoms with van der Waals surface area (Å²) >= 11 is -1.92. The van der Waals surface area contributed by atoms with Crippen molar-refractivity contribution in [2.24, 2.45) is 0 Å². The van der Waals surface area contributed by atoms with Crippen molar-refractivity contribution in [2.45, 2.75) is 72.6 Å². The van der Waals surface area contributed by atoms with Gasteiger partial charge in [0, 0.05) is 0 Å². The van der Waals surface area contributed by atoms with Crippen LogP contribution in [0.5, 0.6) is 0 Å². The maximum absolute atomic E-state index is 6.32. The molecular weight excluding hydrogens is 298 g/mol. The van der Waals surface area contributed by atoms with E-state index in [0.29, 0.717) is 0 Å². The van der Waals surface area contributed by atoms with E-state index >= 15 is 0 Å². The fraction of sp³-hybridized carbons (Fsp3) is 1.00. The van der Waals surface area contributed by atoms with Crippen LogP contribution in [0.25, 0.3) is 0 Å². The summed E-state index contributed by atoms with van der Waals surface area (Å²) < 4.78 is 1.37. The van der Waals surface area contributed by atoms with Crippen LogP contribution in [0.1, 0.15) is 58.3 Å². The molecule has 0 N–H and O–H groups in total. The molecule has 0 fully saturated rings. The first-order valence-electron chi connectivity index (χ1n) is 6.25. The third-order valence-electron chi connectivity index (χ3n) is 2.62. The fourth-order valence-electron chi connectivity index (χ4n) is 1.68. The molecule has 2 heteroatoms. The van der Waals surface area contributed by atoms with Gasteiger partial charge in [-0.2, -0.15) is 0 Å². The fourth-order valence-corrected chi connectivity index (χ4v) is 5.69. The summed E-state index contributed by atoms with van der Waals surface area (Å²) in [5, 5.41) is 0. The number of hydrogen-bond donors (Lipinski definition) is 0. The minimum atomic E-state index is -1.92. The molecule has 0 heterocycles. The van der Waals surface area contributed by atoms with E-state index < -0.39 is 17.3 Å². The van der Waals surface area contributed by atoms with E-state index in [0.717, 1.165) is 0 Å². The molecule has 0 aromatic heterocycles. The van der Waals surface area contributed by atoms with Gasteiger partial charge in [0.25, 0.3) is 0 Å². The van der Waals surface area contributed by atoms with Crippen molar-refractivity contribution in [1.29, 1.82) is 0 Å². The molecule has 0 saturated carbocycles. The summed E-state index contributed by atoms with van der Waals surface area (Å²) in [6.45, 7) is 2.27. The molecule has 0 aromatic carbocycles. The normalized spacial score (nSPS) is 12.0. The first-order valence-corrected chi connectivity index (χ1v) is 17.6. The minimum absolute atomic E-state index is 1.36. The van der Waals surface area contributed by atoms with Crippen molar-refractivity contribution in [2.75, 3.05) is 0 Å². The molecule has 0 bridgehead atoms. The van der Waals surface area contributed by atoms with Crippen molar-refractivity contribution < 1.29 is 0 Å². The molecular formula is C12H27ClSn. The first-order chi connectivity index (χ1) is 6.56. The van der Waals surface area contributed by atoms with Crippen LogP contribution < -0.4 is 0 Å². The average molecular weight is 326 g/mol. The Bertz CT molecular complexity index is 118. The molecule has 0 saturated heterocycles. The molecule has 0 aromatic rings. The molecule has 0 aliphatic heterocycles. The van der Waals surface area contributed by atoms with E-state index in [-0.39, 0.29) is 0 Å². The van der Waals surface area contributed by atoms with Gasteiger partial charge >= 0.3 is 98.8 Å². The predicted molar refractivity (Wildman–Crippen MR) is 70.8 cm³/mol. The molecule has 14 heavy (non-hydrogen) atoms. The van der Waals surface area contributed by atoms with Crippen molar-refractivity contribution in [3.63, 3.8) is 0 Å². The summed E-state index contributed by atoms with van der Waals surface area (Å²) in [6, 6.07) is 0. The Kier molecular flexibility index (Phi) is 10.0. The Morgan fingerprint density at radius 1 is 0.786 bits per heavy atom. The monoisotopic (exact) mass is 326 g/mol. The van der Waals surface area contributed by atoms with Gasteiger partial charge in [0.15, 0.2) is 0 Å². The van der Waals surface area contributed by atoms with Gasteiger partial charge in [-0.3, -0.25) is 0 Å². The second-order valence-corrected chi connectivity index (χ2v) is 23.0. The van der Waals surface area contributed by atoms with Gasteiger partial charge in [-0.25, -0.2) is 0 Å². The van der Waals surface area contributed by atoms with Crippen LogP contribution >= 0.6 is 8.92 Å². The summed E-state index contributed by atoms with van der Waals surface area (Å²) in [7, 11) is 6.32. The van der Waals surface area contributed by atoms with Gasteiger partial charge in [-0.05, 0) is 0 Å². The zero-order valence-electron chi connectivity index (χ0n) is 10.2. The molecule has 0 atom stereocenters. The second kappa shape index (κ2) is 9.32. The van der Waals surface area contributed by atoms with Gasteiger partial charge in [-0.1, -0.05) is 0 Å². The van der Waals surface area contributed by atoms with Gasteiger partial charge in [0.1, 0.15) is 0 Å². The Hall–Kier alpha value is 1.09. The third-order valence-corrected chi connectivity index (χ3v) is 8.30. The molecule has 0 unspecified atom stereocenters. The second-order valence-electron chi connectivity index (χ2n) is 4.94. The van der Waals surface area contributed by atoms with Crippen molar-refractivity contribution in [3.05, 3.63) is 0 Å². The Labute approximate surface area is 98.4 Å². The predicted octanol–water partition coefficient (Wildman–Crippen LogP) is 5.57. The zero-order chi connectivity index (χ0) is 10.9. The van der Waals surface area contributed by atoms with E-state index in [1.54, 1.807) is 0 Å². The number of halogens is 1. The molecule has 0 spiro atoms. The molecule has 0 rings (SSSR count). The quantitative estimate of drug-likeness (QED) is 0.384. The van der Waals surface area contributed by atoms with Crippen LogP contribution in [0.4, 0.5) is 0 Å². The van der Waals surface area contributed by atoms with Crippen LogP contribution in [0.3, 0.4) is 0 Å². The van der Waals surface area contributed by atoms with Crippen LogP contribution in [0.2, 0.25) is 14.3 Å². The summed E-state index contributed by atoms with van der Waals surface area (Å²) in [5.74, 6) is 0. The molecule has 0 aliphatic rings. The zero-order valence-corrected chi connectivity index (χ0v) is 13.9.